The molecule has 0 aromatic carbocycles. The molecule has 0 amide bonds. The minimum Gasteiger partial charge on any atom is -0.463 e. The van der Waals surface area contributed by atoms with Crippen LogP contribution in [0, 0.1) is 0 Å². The van der Waals surface area contributed by atoms with Gasteiger partial charge in [-0.3, -0.25) is 0 Å². The topological polar surface area (TPSA) is 47.6 Å². The minimum absolute atomic E-state index is 0.292. The van der Waals surface area contributed by atoms with Crippen molar-refractivity contribution in [2.24, 2.45) is 0 Å². The summed E-state index contributed by atoms with van der Waals surface area (Å²) in [5, 5.41) is 3.14. The van der Waals surface area contributed by atoms with Crippen LogP contribution in [-0.2, 0) is 14.3 Å². The molecule has 1 aliphatic rings. The summed E-state index contributed by atoms with van der Waals surface area (Å²) in [4.78, 5) is 11.2. The zero-order valence-electron chi connectivity index (χ0n) is 9.25. The van der Waals surface area contributed by atoms with Crippen LogP contribution in [0.3, 0.4) is 0 Å². The van der Waals surface area contributed by atoms with E-state index in [4.69, 9.17) is 9.47 Å². The van der Waals surface area contributed by atoms with Crippen molar-refractivity contribution in [1.82, 2.24) is 5.32 Å². The van der Waals surface area contributed by atoms with Crippen LogP contribution in [0.2, 0.25) is 0 Å². The number of ether oxygens (including phenoxy) is 2. The lowest BCUT2D eigenvalue weighted by atomic mass is 10.2. The first-order chi connectivity index (χ1) is 7.24. The number of nitrogens with one attached hydrogen (secondary N) is 1. The van der Waals surface area contributed by atoms with Gasteiger partial charge in [0.25, 0.3) is 0 Å². The predicted molar refractivity (Wildman–Crippen MR) is 57.6 cm³/mol. The van der Waals surface area contributed by atoms with Crippen LogP contribution in [0.25, 0.3) is 0 Å². The van der Waals surface area contributed by atoms with Crippen LogP contribution >= 0.6 is 0 Å². The van der Waals surface area contributed by atoms with Crippen molar-refractivity contribution in [2.45, 2.75) is 25.9 Å². The molecule has 1 N–H and O–H groups in total. The third-order valence-corrected chi connectivity index (χ3v) is 2.30. The molecule has 4 heteroatoms. The van der Waals surface area contributed by atoms with E-state index in [-0.39, 0.29) is 5.97 Å². The maximum Gasteiger partial charge on any atom is 0.334 e. The molecule has 0 aromatic heterocycles. The monoisotopic (exact) mass is 213 g/mol. The standard InChI is InChI=1S/C11H19NO3/c1-3-14-11(13)9(2)7-12-8-10-5-4-6-15-10/h10,12H,2-8H2,1H3. The highest BCUT2D eigenvalue weighted by Crippen LogP contribution is 2.10. The number of hydrogen-bond donors (Lipinski definition) is 1. The molecule has 15 heavy (non-hydrogen) atoms. The molecule has 4 nitrogen and oxygen atoms in total. The summed E-state index contributed by atoms with van der Waals surface area (Å²) in [7, 11) is 0. The molecule has 86 valence electrons. The van der Waals surface area contributed by atoms with Gasteiger partial charge < -0.3 is 14.8 Å². The van der Waals surface area contributed by atoms with Gasteiger partial charge in [-0.2, -0.15) is 0 Å². The third kappa shape index (κ3) is 4.44. The van der Waals surface area contributed by atoms with E-state index in [2.05, 4.69) is 11.9 Å². The van der Waals surface area contributed by atoms with E-state index < -0.39 is 0 Å². The van der Waals surface area contributed by atoms with Crippen molar-refractivity contribution in [2.75, 3.05) is 26.3 Å². The first-order valence-electron chi connectivity index (χ1n) is 5.41. The molecule has 0 radical (unpaired) electrons. The molecule has 0 aliphatic carbocycles. The smallest absolute Gasteiger partial charge is 0.334 e. The molecule has 0 saturated carbocycles. The van der Waals surface area contributed by atoms with Gasteiger partial charge in [0.15, 0.2) is 0 Å². The second kappa shape index (κ2) is 6.58. The first-order valence-corrected chi connectivity index (χ1v) is 5.41. The Kier molecular flexibility index (Phi) is 5.36. The van der Waals surface area contributed by atoms with Crippen molar-refractivity contribution in [1.29, 1.82) is 0 Å². The molecular formula is C11H19NO3. The van der Waals surface area contributed by atoms with Gasteiger partial charge >= 0.3 is 5.97 Å². The Morgan fingerprint density at radius 2 is 2.47 bits per heavy atom. The molecular weight excluding hydrogens is 194 g/mol. The van der Waals surface area contributed by atoms with E-state index in [0.29, 0.717) is 24.8 Å². The Labute approximate surface area is 90.6 Å². The summed E-state index contributed by atoms with van der Waals surface area (Å²) < 4.78 is 10.3. The highest BCUT2D eigenvalue weighted by atomic mass is 16.5. The SMILES string of the molecule is C=C(CNCC1CCCO1)C(=O)OCC. The highest BCUT2D eigenvalue weighted by Gasteiger charge is 2.15. The van der Waals surface area contributed by atoms with Crippen molar-refractivity contribution in [3.05, 3.63) is 12.2 Å². The number of carbonyl (C=O) groups is 1. The van der Waals surface area contributed by atoms with Gasteiger partial charge in [0.05, 0.1) is 12.7 Å². The minimum atomic E-state index is -0.322. The van der Waals surface area contributed by atoms with Crippen LogP contribution in [0.4, 0.5) is 0 Å². The summed E-state index contributed by atoms with van der Waals surface area (Å²) in [6.07, 6.45) is 2.52. The lowest BCUT2D eigenvalue weighted by Gasteiger charge is -2.11. The van der Waals surface area contributed by atoms with E-state index in [9.17, 15) is 4.79 Å². The van der Waals surface area contributed by atoms with Gasteiger partial charge in [-0.1, -0.05) is 6.58 Å². The lowest BCUT2D eigenvalue weighted by molar-refractivity contribution is -0.138. The van der Waals surface area contributed by atoms with Crippen molar-refractivity contribution >= 4 is 5.97 Å². The van der Waals surface area contributed by atoms with E-state index in [1.54, 1.807) is 6.92 Å². The Morgan fingerprint density at radius 1 is 1.67 bits per heavy atom. The zero-order valence-corrected chi connectivity index (χ0v) is 9.25. The molecule has 1 saturated heterocycles. The maximum atomic E-state index is 11.2. The summed E-state index contributed by atoms with van der Waals surface area (Å²) in [6, 6.07) is 0. The average molecular weight is 213 g/mol. The summed E-state index contributed by atoms with van der Waals surface area (Å²) in [6.45, 7) is 7.93. The van der Waals surface area contributed by atoms with Crippen LogP contribution < -0.4 is 5.32 Å². The molecule has 1 heterocycles. The average Bonchev–Trinajstić information content (AvgIpc) is 2.71. The second-order valence-electron chi connectivity index (χ2n) is 3.59. The van der Waals surface area contributed by atoms with Gasteiger partial charge in [0, 0.05) is 25.3 Å². The number of esters is 1. The fourth-order valence-electron chi connectivity index (χ4n) is 1.49. The van der Waals surface area contributed by atoms with Crippen LogP contribution in [-0.4, -0.2) is 38.4 Å². The fourth-order valence-corrected chi connectivity index (χ4v) is 1.49. The second-order valence-corrected chi connectivity index (χ2v) is 3.59. The number of hydrogen-bond acceptors (Lipinski definition) is 4. The van der Waals surface area contributed by atoms with E-state index >= 15 is 0 Å². The molecule has 1 aliphatic heterocycles. The van der Waals surface area contributed by atoms with Gasteiger partial charge in [0.1, 0.15) is 0 Å². The van der Waals surface area contributed by atoms with Gasteiger partial charge in [-0.05, 0) is 19.8 Å². The van der Waals surface area contributed by atoms with Crippen LogP contribution in [0.1, 0.15) is 19.8 Å². The Morgan fingerprint density at radius 3 is 3.07 bits per heavy atom. The van der Waals surface area contributed by atoms with Crippen LogP contribution in [0.15, 0.2) is 12.2 Å². The highest BCUT2D eigenvalue weighted by molar-refractivity contribution is 5.88. The summed E-state index contributed by atoms with van der Waals surface area (Å²) in [5.74, 6) is -0.322. The molecule has 1 unspecified atom stereocenters. The Bertz CT molecular complexity index is 222. The number of rotatable bonds is 6. The van der Waals surface area contributed by atoms with Gasteiger partial charge in [0.2, 0.25) is 0 Å². The molecule has 0 aromatic rings. The summed E-state index contributed by atoms with van der Waals surface area (Å²) >= 11 is 0. The van der Waals surface area contributed by atoms with Crippen molar-refractivity contribution < 1.29 is 14.3 Å². The Balaban J connectivity index is 2.08. The maximum absolute atomic E-state index is 11.2. The van der Waals surface area contributed by atoms with Crippen LogP contribution in [0.5, 0.6) is 0 Å². The lowest BCUT2D eigenvalue weighted by Crippen LogP contribution is -2.29. The van der Waals surface area contributed by atoms with Gasteiger partial charge in [-0.15, -0.1) is 0 Å². The van der Waals surface area contributed by atoms with Gasteiger partial charge in [-0.25, -0.2) is 4.79 Å². The number of carbonyl (C=O) groups excluding carboxylic acids is 1. The normalized spacial score (nSPS) is 20.2. The first kappa shape index (κ1) is 12.2. The molecule has 1 rings (SSSR count). The molecule has 0 spiro atoms. The quantitative estimate of drug-likeness (QED) is 0.525. The van der Waals surface area contributed by atoms with E-state index in [0.717, 1.165) is 26.0 Å². The van der Waals surface area contributed by atoms with Crippen molar-refractivity contribution in [3.8, 4) is 0 Å². The molecule has 1 atom stereocenters. The largest absolute Gasteiger partial charge is 0.463 e. The van der Waals surface area contributed by atoms with E-state index in [1.165, 1.54) is 0 Å². The third-order valence-electron chi connectivity index (χ3n) is 2.30. The van der Waals surface area contributed by atoms with E-state index in [1.807, 2.05) is 0 Å². The van der Waals surface area contributed by atoms with Crippen molar-refractivity contribution in [3.63, 3.8) is 0 Å². The predicted octanol–water partition coefficient (Wildman–Crippen LogP) is 0.874. The molecule has 0 bridgehead atoms. The zero-order chi connectivity index (χ0) is 11.1. The Hall–Kier alpha value is -0.870. The fraction of sp³-hybridized carbons (Fsp3) is 0.727. The molecule has 1 fully saturated rings. The summed E-state index contributed by atoms with van der Waals surface area (Å²) in [5.41, 5.74) is 0.467.